The summed E-state index contributed by atoms with van der Waals surface area (Å²) < 4.78 is 31.7. The zero-order valence-electron chi connectivity index (χ0n) is 12.4. The van der Waals surface area contributed by atoms with Crippen LogP contribution in [0.1, 0.15) is 32.2 Å². The Bertz CT molecular complexity index is 681. The first-order chi connectivity index (χ1) is 9.68. The number of benzene rings is 1. The van der Waals surface area contributed by atoms with E-state index in [1.165, 1.54) is 6.07 Å². The van der Waals surface area contributed by atoms with Gasteiger partial charge >= 0.3 is 0 Å². The van der Waals surface area contributed by atoms with Crippen LogP contribution in [0.3, 0.4) is 0 Å². The van der Waals surface area contributed by atoms with Crippen LogP contribution in [0.25, 0.3) is 0 Å². The number of anilines is 1. The molecule has 2 N–H and O–H groups in total. The van der Waals surface area contributed by atoms with E-state index in [4.69, 9.17) is 10.5 Å². The summed E-state index contributed by atoms with van der Waals surface area (Å²) in [5.74, 6) is -0.719. The van der Waals surface area contributed by atoms with E-state index in [1.54, 1.807) is 6.92 Å². The van der Waals surface area contributed by atoms with Gasteiger partial charge in [-0.2, -0.15) is 4.98 Å². The van der Waals surface area contributed by atoms with E-state index < -0.39 is 11.6 Å². The van der Waals surface area contributed by atoms with Crippen LogP contribution in [0.15, 0.2) is 18.2 Å². The fourth-order valence-electron chi connectivity index (χ4n) is 1.60. The summed E-state index contributed by atoms with van der Waals surface area (Å²) in [6, 6.07) is 3.28. The topological polar surface area (TPSA) is 61.0 Å². The van der Waals surface area contributed by atoms with Gasteiger partial charge in [-0.1, -0.05) is 20.8 Å². The van der Waals surface area contributed by atoms with Crippen LogP contribution < -0.4 is 10.5 Å². The lowest BCUT2D eigenvalue weighted by Gasteiger charge is -2.19. The monoisotopic (exact) mass is 293 g/mol. The van der Waals surface area contributed by atoms with E-state index >= 15 is 0 Å². The minimum Gasteiger partial charge on any atom is -0.438 e. The molecule has 0 aliphatic carbocycles. The molecule has 0 aliphatic heterocycles. The molecule has 2 aromatic rings. The van der Waals surface area contributed by atoms with Crippen molar-refractivity contribution in [1.82, 2.24) is 9.97 Å². The predicted octanol–water partition coefficient (Wildman–Crippen LogP) is 3.74. The second-order valence-electron chi connectivity index (χ2n) is 5.79. The van der Waals surface area contributed by atoms with E-state index in [-0.39, 0.29) is 17.0 Å². The van der Waals surface area contributed by atoms with Crippen LogP contribution in [0.2, 0.25) is 0 Å². The van der Waals surface area contributed by atoms with Crippen molar-refractivity contribution in [2.75, 3.05) is 5.73 Å². The molecule has 0 aliphatic rings. The average Bonchev–Trinajstić information content (AvgIpc) is 2.38. The SMILES string of the molecule is Cc1c(N)nc(C(C)(C)C)nc1Oc1ccc(F)c(F)c1. The Morgan fingerprint density at radius 1 is 1.10 bits per heavy atom. The summed E-state index contributed by atoms with van der Waals surface area (Å²) in [7, 11) is 0. The highest BCUT2D eigenvalue weighted by molar-refractivity contribution is 5.46. The van der Waals surface area contributed by atoms with Gasteiger partial charge in [-0.05, 0) is 19.1 Å². The minimum atomic E-state index is -0.983. The Hall–Kier alpha value is -2.24. The first kappa shape index (κ1) is 15.2. The maximum absolute atomic E-state index is 13.2. The van der Waals surface area contributed by atoms with Crippen molar-refractivity contribution in [3.05, 3.63) is 41.2 Å². The number of halogens is 2. The maximum atomic E-state index is 13.2. The van der Waals surface area contributed by atoms with Gasteiger partial charge in [0.05, 0.1) is 5.56 Å². The minimum absolute atomic E-state index is 0.148. The van der Waals surface area contributed by atoms with Crippen LogP contribution in [-0.4, -0.2) is 9.97 Å². The fourth-order valence-corrected chi connectivity index (χ4v) is 1.60. The number of rotatable bonds is 2. The third-order valence-corrected chi connectivity index (χ3v) is 2.92. The van der Waals surface area contributed by atoms with E-state index in [9.17, 15) is 8.78 Å². The molecule has 6 heteroatoms. The highest BCUT2D eigenvalue weighted by atomic mass is 19.2. The Labute approximate surface area is 122 Å². The number of hydrogen-bond acceptors (Lipinski definition) is 4. The number of nitrogen functional groups attached to an aromatic ring is 1. The molecule has 4 nitrogen and oxygen atoms in total. The van der Waals surface area contributed by atoms with Crippen molar-refractivity contribution in [2.45, 2.75) is 33.1 Å². The van der Waals surface area contributed by atoms with E-state index in [0.717, 1.165) is 12.1 Å². The molecular weight excluding hydrogens is 276 g/mol. The number of ether oxygens (including phenoxy) is 1. The first-order valence-corrected chi connectivity index (χ1v) is 6.46. The molecule has 1 aromatic heterocycles. The lowest BCUT2D eigenvalue weighted by molar-refractivity contribution is 0.433. The molecule has 2 rings (SSSR count). The second-order valence-corrected chi connectivity index (χ2v) is 5.79. The Morgan fingerprint density at radius 3 is 2.33 bits per heavy atom. The van der Waals surface area contributed by atoms with Crippen LogP contribution >= 0.6 is 0 Å². The van der Waals surface area contributed by atoms with Gasteiger partial charge in [-0.15, -0.1) is 0 Å². The summed E-state index contributed by atoms with van der Waals surface area (Å²) in [6.07, 6.45) is 0. The predicted molar refractivity (Wildman–Crippen MR) is 76.3 cm³/mol. The van der Waals surface area contributed by atoms with E-state index in [2.05, 4.69) is 9.97 Å². The largest absolute Gasteiger partial charge is 0.438 e. The standard InChI is InChI=1S/C15H17F2N3O/c1-8-12(18)19-14(15(2,3)4)20-13(8)21-9-5-6-10(16)11(17)7-9/h5-7H,1-4H3,(H2,18,19,20). The van der Waals surface area contributed by atoms with Crippen molar-refractivity contribution >= 4 is 5.82 Å². The van der Waals surface area contributed by atoms with Crippen molar-refractivity contribution in [2.24, 2.45) is 0 Å². The highest BCUT2D eigenvalue weighted by Gasteiger charge is 2.21. The summed E-state index contributed by atoms with van der Waals surface area (Å²) >= 11 is 0. The molecule has 0 unspecified atom stereocenters. The van der Waals surface area contributed by atoms with Crippen LogP contribution in [0.5, 0.6) is 11.6 Å². The molecule has 0 radical (unpaired) electrons. The van der Waals surface area contributed by atoms with Gasteiger partial charge in [0.1, 0.15) is 17.4 Å². The Kier molecular flexibility index (Phi) is 3.80. The molecule has 0 amide bonds. The third-order valence-electron chi connectivity index (χ3n) is 2.92. The van der Waals surface area contributed by atoms with Crippen molar-refractivity contribution < 1.29 is 13.5 Å². The lowest BCUT2D eigenvalue weighted by atomic mass is 9.95. The number of hydrogen-bond donors (Lipinski definition) is 1. The number of nitrogens with two attached hydrogens (primary N) is 1. The van der Waals surface area contributed by atoms with Gasteiger partial charge in [0.2, 0.25) is 5.88 Å². The molecule has 0 spiro atoms. The summed E-state index contributed by atoms with van der Waals surface area (Å²) in [5.41, 5.74) is 6.10. The normalized spacial score (nSPS) is 11.5. The molecule has 0 saturated heterocycles. The van der Waals surface area contributed by atoms with E-state index in [1.807, 2.05) is 20.8 Å². The highest BCUT2D eigenvalue weighted by Crippen LogP contribution is 2.29. The molecule has 0 fully saturated rings. The van der Waals surface area contributed by atoms with Gasteiger partial charge in [-0.3, -0.25) is 0 Å². The lowest BCUT2D eigenvalue weighted by Crippen LogP contribution is -2.18. The fraction of sp³-hybridized carbons (Fsp3) is 0.333. The van der Waals surface area contributed by atoms with Crippen molar-refractivity contribution in [3.8, 4) is 11.6 Å². The zero-order chi connectivity index (χ0) is 15.8. The maximum Gasteiger partial charge on any atom is 0.227 e. The molecule has 0 saturated carbocycles. The van der Waals surface area contributed by atoms with Gasteiger partial charge < -0.3 is 10.5 Å². The quantitative estimate of drug-likeness (QED) is 0.916. The summed E-state index contributed by atoms with van der Waals surface area (Å²) in [6.45, 7) is 7.53. The third kappa shape index (κ3) is 3.26. The van der Waals surface area contributed by atoms with Gasteiger partial charge in [0, 0.05) is 11.5 Å². The number of nitrogens with zero attached hydrogens (tertiary/aromatic N) is 2. The van der Waals surface area contributed by atoms with Crippen molar-refractivity contribution in [1.29, 1.82) is 0 Å². The van der Waals surface area contributed by atoms with Crippen LogP contribution in [-0.2, 0) is 5.41 Å². The smallest absolute Gasteiger partial charge is 0.227 e. The second kappa shape index (κ2) is 5.27. The molecule has 1 heterocycles. The van der Waals surface area contributed by atoms with Crippen molar-refractivity contribution in [3.63, 3.8) is 0 Å². The van der Waals surface area contributed by atoms with E-state index in [0.29, 0.717) is 17.2 Å². The van der Waals surface area contributed by atoms with Gasteiger partial charge in [0.15, 0.2) is 11.6 Å². The molecule has 21 heavy (non-hydrogen) atoms. The van der Waals surface area contributed by atoms with Gasteiger partial charge in [-0.25, -0.2) is 13.8 Å². The molecule has 0 atom stereocenters. The van der Waals surface area contributed by atoms with Gasteiger partial charge in [0.25, 0.3) is 0 Å². The molecular formula is C15H17F2N3O. The van der Waals surface area contributed by atoms with Crippen LogP contribution in [0.4, 0.5) is 14.6 Å². The zero-order valence-corrected chi connectivity index (χ0v) is 12.4. The average molecular weight is 293 g/mol. The summed E-state index contributed by atoms with van der Waals surface area (Å²) in [5, 5.41) is 0. The van der Waals surface area contributed by atoms with Crippen LogP contribution in [0, 0.1) is 18.6 Å². The molecule has 112 valence electrons. The Morgan fingerprint density at radius 2 is 1.76 bits per heavy atom. The molecule has 0 bridgehead atoms. The Balaban J connectivity index is 2.43. The number of aromatic nitrogens is 2. The summed E-state index contributed by atoms with van der Waals surface area (Å²) in [4.78, 5) is 8.55. The molecule has 1 aromatic carbocycles. The first-order valence-electron chi connectivity index (χ1n) is 6.46.